The maximum Gasteiger partial charge on any atom is 0.573 e. The molecule has 1 atom stereocenters. The van der Waals surface area contributed by atoms with Crippen LogP contribution in [0.1, 0.15) is 24.4 Å². The van der Waals surface area contributed by atoms with Crippen molar-refractivity contribution in [3.8, 4) is 5.75 Å². The van der Waals surface area contributed by atoms with Crippen LogP contribution in [0.4, 0.5) is 17.6 Å². The lowest BCUT2D eigenvalue weighted by Crippen LogP contribution is -2.45. The van der Waals surface area contributed by atoms with Gasteiger partial charge in [-0.15, -0.1) is 25.6 Å². The van der Waals surface area contributed by atoms with Crippen LogP contribution in [-0.4, -0.2) is 49.2 Å². The Morgan fingerprint density at radius 1 is 1.25 bits per heavy atom. The fraction of sp³-hybridized carbons (Fsp3) is 0.600. The minimum atomic E-state index is -4.92. The number of halogens is 5. The molecule has 1 fully saturated rings. The third kappa shape index (κ3) is 6.08. The molecule has 1 heterocycles. The number of alkyl halides is 3. The Labute approximate surface area is 144 Å². The largest absolute Gasteiger partial charge is 0.573 e. The van der Waals surface area contributed by atoms with E-state index in [9.17, 15) is 17.6 Å². The van der Waals surface area contributed by atoms with Gasteiger partial charge >= 0.3 is 6.36 Å². The molecule has 0 saturated carbocycles. The lowest BCUT2D eigenvalue weighted by Gasteiger charge is -2.35. The van der Waals surface area contributed by atoms with Gasteiger partial charge in [0.05, 0.1) is 0 Å². The maximum atomic E-state index is 13.9. The van der Waals surface area contributed by atoms with E-state index in [0.717, 1.165) is 38.3 Å². The summed E-state index contributed by atoms with van der Waals surface area (Å²) in [5, 5.41) is 12.3. The molecule has 2 rings (SSSR count). The zero-order valence-corrected chi connectivity index (χ0v) is 13.8. The molecule has 0 unspecified atom stereocenters. The van der Waals surface area contributed by atoms with Crippen LogP contribution in [0.2, 0.25) is 0 Å². The normalized spacial score (nSPS) is 17.2. The highest BCUT2D eigenvalue weighted by Crippen LogP contribution is 2.31. The zero-order valence-electron chi connectivity index (χ0n) is 13.0. The highest BCUT2D eigenvalue weighted by molar-refractivity contribution is 5.85. The number of hydrogen-bond donors (Lipinski definition) is 2. The summed E-state index contributed by atoms with van der Waals surface area (Å²) in [6, 6.07) is 3.41. The van der Waals surface area contributed by atoms with E-state index >= 15 is 0 Å². The Bertz CT molecular complexity index is 511. The highest BCUT2D eigenvalue weighted by Gasteiger charge is 2.32. The molecule has 0 spiro atoms. The topological polar surface area (TPSA) is 44.7 Å². The van der Waals surface area contributed by atoms with Crippen LogP contribution in [0.25, 0.3) is 0 Å². The summed E-state index contributed by atoms with van der Waals surface area (Å²) < 4.78 is 54.2. The smallest absolute Gasteiger partial charge is 0.403 e. The van der Waals surface area contributed by atoms with Crippen LogP contribution in [-0.2, 0) is 0 Å². The summed E-state index contributed by atoms with van der Waals surface area (Å²) in [6.45, 7) is 3.14. The molecule has 0 radical (unpaired) electrons. The Kier molecular flexibility index (Phi) is 8.21. The first-order valence-electron chi connectivity index (χ1n) is 7.51. The summed E-state index contributed by atoms with van der Waals surface area (Å²) in [4.78, 5) is 2.14. The first-order valence-corrected chi connectivity index (χ1v) is 7.51. The summed E-state index contributed by atoms with van der Waals surface area (Å²) in [5.74, 6) is -1.87. The van der Waals surface area contributed by atoms with Crippen molar-refractivity contribution in [1.82, 2.24) is 10.2 Å². The van der Waals surface area contributed by atoms with Crippen molar-refractivity contribution in [1.29, 1.82) is 0 Å². The third-order valence-corrected chi connectivity index (χ3v) is 3.79. The molecular weight excluding hydrogens is 352 g/mol. The molecule has 1 aromatic carbocycles. The molecule has 9 heteroatoms. The van der Waals surface area contributed by atoms with E-state index in [1.807, 2.05) is 0 Å². The molecule has 0 bridgehead atoms. The van der Waals surface area contributed by atoms with Crippen LogP contribution in [0.15, 0.2) is 18.2 Å². The summed E-state index contributed by atoms with van der Waals surface area (Å²) in [7, 11) is 0. The van der Waals surface area contributed by atoms with Crippen molar-refractivity contribution in [2.45, 2.75) is 25.2 Å². The molecule has 2 N–H and O–H groups in total. The molecular formula is C15H21ClF4N2O2. The number of piperazine rings is 1. The number of aliphatic hydroxyl groups excluding tert-OH is 1. The van der Waals surface area contributed by atoms with E-state index in [1.165, 1.54) is 6.07 Å². The molecule has 24 heavy (non-hydrogen) atoms. The van der Waals surface area contributed by atoms with Gasteiger partial charge in [-0.05, 0) is 30.5 Å². The molecule has 1 aliphatic rings. The minimum Gasteiger partial charge on any atom is -0.403 e. The molecule has 138 valence electrons. The molecule has 1 aromatic rings. The number of nitrogens with one attached hydrogen (secondary N) is 1. The van der Waals surface area contributed by atoms with Gasteiger partial charge in [0.2, 0.25) is 0 Å². The van der Waals surface area contributed by atoms with Crippen LogP contribution < -0.4 is 10.1 Å². The van der Waals surface area contributed by atoms with Gasteiger partial charge in [0.25, 0.3) is 0 Å². The molecule has 0 amide bonds. The second-order valence-corrected chi connectivity index (χ2v) is 5.41. The second-order valence-electron chi connectivity index (χ2n) is 5.41. The Hall–Kier alpha value is -1.09. The number of benzene rings is 1. The molecule has 1 aliphatic heterocycles. The monoisotopic (exact) mass is 372 g/mol. The van der Waals surface area contributed by atoms with Gasteiger partial charge < -0.3 is 15.2 Å². The van der Waals surface area contributed by atoms with E-state index in [4.69, 9.17) is 5.11 Å². The SMILES string of the molecule is Cl.OCCC[C@@H](c1ccc(OC(F)(F)F)c(F)c1)N1CCNCC1. The quantitative estimate of drug-likeness (QED) is 0.754. The average Bonchev–Trinajstić information content (AvgIpc) is 2.50. The van der Waals surface area contributed by atoms with Crippen LogP contribution in [0, 0.1) is 5.82 Å². The van der Waals surface area contributed by atoms with Crippen molar-refractivity contribution >= 4 is 12.4 Å². The Balaban J connectivity index is 0.00000288. The number of aliphatic hydroxyl groups is 1. The van der Waals surface area contributed by atoms with Gasteiger partial charge in [0.1, 0.15) is 0 Å². The van der Waals surface area contributed by atoms with Crippen molar-refractivity contribution < 1.29 is 27.4 Å². The number of rotatable bonds is 6. The first kappa shape index (κ1) is 21.0. The lowest BCUT2D eigenvalue weighted by atomic mass is 9.99. The van der Waals surface area contributed by atoms with Gasteiger partial charge in [0.15, 0.2) is 11.6 Å². The predicted molar refractivity (Wildman–Crippen MR) is 83.8 cm³/mol. The van der Waals surface area contributed by atoms with Crippen molar-refractivity contribution in [3.63, 3.8) is 0 Å². The maximum absolute atomic E-state index is 13.9. The fourth-order valence-electron chi connectivity index (χ4n) is 2.77. The van der Waals surface area contributed by atoms with Gasteiger partial charge in [-0.25, -0.2) is 4.39 Å². The third-order valence-electron chi connectivity index (χ3n) is 3.79. The minimum absolute atomic E-state index is 0. The predicted octanol–water partition coefficient (Wildman–Crippen LogP) is 2.86. The van der Waals surface area contributed by atoms with E-state index in [2.05, 4.69) is 15.0 Å². The fourth-order valence-corrected chi connectivity index (χ4v) is 2.77. The average molecular weight is 373 g/mol. The van der Waals surface area contributed by atoms with E-state index in [-0.39, 0.29) is 25.1 Å². The van der Waals surface area contributed by atoms with Crippen LogP contribution in [0.5, 0.6) is 5.75 Å². The zero-order chi connectivity index (χ0) is 16.9. The van der Waals surface area contributed by atoms with Crippen LogP contribution in [0.3, 0.4) is 0 Å². The number of nitrogens with zero attached hydrogens (tertiary/aromatic N) is 1. The van der Waals surface area contributed by atoms with Gasteiger partial charge in [-0.2, -0.15) is 0 Å². The molecule has 0 aliphatic carbocycles. The van der Waals surface area contributed by atoms with Crippen molar-refractivity contribution in [2.75, 3.05) is 32.8 Å². The Morgan fingerprint density at radius 3 is 2.46 bits per heavy atom. The summed E-state index contributed by atoms with van der Waals surface area (Å²) in [6.07, 6.45) is -3.77. The first-order chi connectivity index (χ1) is 10.9. The van der Waals surface area contributed by atoms with E-state index in [1.54, 1.807) is 0 Å². The van der Waals surface area contributed by atoms with Gasteiger partial charge in [-0.3, -0.25) is 4.90 Å². The summed E-state index contributed by atoms with van der Waals surface area (Å²) in [5.41, 5.74) is 0.590. The molecule has 0 aromatic heterocycles. The second kappa shape index (κ2) is 9.41. The van der Waals surface area contributed by atoms with Crippen molar-refractivity contribution in [2.24, 2.45) is 0 Å². The van der Waals surface area contributed by atoms with E-state index in [0.29, 0.717) is 18.4 Å². The Morgan fingerprint density at radius 2 is 1.92 bits per heavy atom. The van der Waals surface area contributed by atoms with Crippen molar-refractivity contribution in [3.05, 3.63) is 29.6 Å². The van der Waals surface area contributed by atoms with Gasteiger partial charge in [0, 0.05) is 38.8 Å². The molecule has 1 saturated heterocycles. The lowest BCUT2D eigenvalue weighted by molar-refractivity contribution is -0.275. The van der Waals surface area contributed by atoms with E-state index < -0.39 is 17.9 Å². The van der Waals surface area contributed by atoms with Crippen LogP contribution >= 0.6 is 12.4 Å². The van der Waals surface area contributed by atoms with Gasteiger partial charge in [-0.1, -0.05) is 6.07 Å². The standard InChI is InChI=1S/C15H20F4N2O2.ClH/c16-12-10-11(3-4-14(12)23-15(17,18)19)13(2-1-9-22)21-7-5-20-6-8-21;/h3-4,10,13,20,22H,1-2,5-9H2;1H/t13-;/m0./s1. The highest BCUT2D eigenvalue weighted by atomic mass is 35.5. The number of hydrogen-bond acceptors (Lipinski definition) is 4. The number of ether oxygens (including phenoxy) is 1. The summed E-state index contributed by atoms with van der Waals surface area (Å²) >= 11 is 0. The molecule has 4 nitrogen and oxygen atoms in total.